The van der Waals surface area contributed by atoms with Crippen LogP contribution in [0.25, 0.3) is 0 Å². The van der Waals surface area contributed by atoms with Gasteiger partial charge >= 0.3 is 0 Å². The van der Waals surface area contributed by atoms with E-state index in [1.165, 1.54) is 16.3 Å². The number of hydrogen-bond acceptors (Lipinski definition) is 1. The van der Waals surface area contributed by atoms with Gasteiger partial charge in [0.05, 0.1) is 0 Å². The summed E-state index contributed by atoms with van der Waals surface area (Å²) < 4.78 is 0.639. The molecule has 0 aromatic heterocycles. The van der Waals surface area contributed by atoms with E-state index >= 15 is 0 Å². The molecule has 0 bridgehead atoms. The molecule has 0 amide bonds. The predicted molar refractivity (Wildman–Crippen MR) is 37.0 cm³/mol. The standard InChI is InChI=1S/C4H9.CH2O2.Al.2H/c1-4(2)3;2-1-3;;;/h1-3H3;1H,(H,2,3);;;. The van der Waals surface area contributed by atoms with Crippen molar-refractivity contribution in [2.75, 3.05) is 0 Å². The van der Waals surface area contributed by atoms with E-state index in [9.17, 15) is 0 Å². The first-order valence-electron chi connectivity index (χ1n) is 2.49. The summed E-state index contributed by atoms with van der Waals surface area (Å²) in [5, 5.41) is 6.89. The molecule has 0 heterocycles. The van der Waals surface area contributed by atoms with Gasteiger partial charge in [-0.1, -0.05) is 25.0 Å². The van der Waals surface area contributed by atoms with Gasteiger partial charge in [-0.2, -0.15) is 0 Å². The number of carboxylic acid groups (broad SMARTS) is 1. The Kier molecular flexibility index (Phi) is 7.00. The van der Waals surface area contributed by atoms with Gasteiger partial charge in [-0.25, -0.2) is 0 Å². The Labute approximate surface area is 58.3 Å². The summed E-state index contributed by atoms with van der Waals surface area (Å²) in [5.74, 6) is 0. The molecule has 0 aliphatic rings. The summed E-state index contributed by atoms with van der Waals surface area (Å²) in [7, 11) is 0. The first-order chi connectivity index (χ1) is 3.41. The van der Waals surface area contributed by atoms with Crippen molar-refractivity contribution in [3.8, 4) is 0 Å². The molecule has 2 nitrogen and oxygen atoms in total. The van der Waals surface area contributed by atoms with Crippen molar-refractivity contribution in [2.24, 2.45) is 0 Å². The Hall–Kier alpha value is 0.00247. The highest BCUT2D eigenvalue weighted by atomic mass is 27.0. The average molecular weight is 132 g/mol. The SMILES string of the molecule is C[C](C)(C)[AlH2].O=CO. The van der Waals surface area contributed by atoms with Gasteiger partial charge in [0, 0.05) is 0 Å². The molecule has 0 aliphatic heterocycles. The fraction of sp³-hybridized carbons (Fsp3) is 0.800. The molecule has 0 radical (unpaired) electrons. The second-order valence-electron chi connectivity index (χ2n) is 3.11. The van der Waals surface area contributed by atoms with E-state index in [1.54, 1.807) is 0 Å². The molecule has 0 aromatic carbocycles. The second-order valence-corrected chi connectivity index (χ2v) is 6.11. The lowest BCUT2D eigenvalue weighted by Crippen LogP contribution is -1.90. The quantitative estimate of drug-likeness (QED) is 0.386. The van der Waals surface area contributed by atoms with Crippen molar-refractivity contribution in [3.63, 3.8) is 0 Å². The molecule has 48 valence electrons. The van der Waals surface area contributed by atoms with E-state index in [1.807, 2.05) is 0 Å². The highest BCUT2D eigenvalue weighted by Crippen LogP contribution is 2.13. The summed E-state index contributed by atoms with van der Waals surface area (Å²) in [4.78, 5) is 8.36. The maximum Gasteiger partial charge on any atom is 0.290 e. The van der Waals surface area contributed by atoms with E-state index in [-0.39, 0.29) is 6.47 Å². The van der Waals surface area contributed by atoms with Crippen molar-refractivity contribution >= 4 is 22.8 Å². The lowest BCUT2D eigenvalue weighted by Gasteiger charge is -2.05. The van der Waals surface area contributed by atoms with Crippen molar-refractivity contribution in [1.82, 2.24) is 0 Å². The maximum absolute atomic E-state index is 8.36. The van der Waals surface area contributed by atoms with Gasteiger partial charge in [-0.3, -0.25) is 4.79 Å². The predicted octanol–water partition coefficient (Wildman–Crippen LogP) is 0.539. The van der Waals surface area contributed by atoms with Crippen LogP contribution >= 0.6 is 0 Å². The fourth-order valence-electron chi connectivity index (χ4n) is 0. The molecule has 3 heteroatoms. The van der Waals surface area contributed by atoms with Gasteiger partial charge in [-0.05, 0) is 0 Å². The molecular formula is C5H13AlO2. The Morgan fingerprint density at radius 2 is 1.50 bits per heavy atom. The van der Waals surface area contributed by atoms with Gasteiger partial charge < -0.3 is 5.11 Å². The fourth-order valence-corrected chi connectivity index (χ4v) is 0. The van der Waals surface area contributed by atoms with Crippen LogP contribution in [-0.4, -0.2) is 27.9 Å². The number of hydrogen-bond donors (Lipinski definition) is 1. The molecule has 0 spiro atoms. The van der Waals surface area contributed by atoms with Crippen LogP contribution in [0.1, 0.15) is 20.8 Å². The normalized spacial score (nSPS) is 8.88. The number of carbonyl (C=O) groups is 1. The van der Waals surface area contributed by atoms with Crippen LogP contribution < -0.4 is 0 Å². The maximum atomic E-state index is 8.36. The Bertz CT molecular complexity index is 49.9. The van der Waals surface area contributed by atoms with Crippen molar-refractivity contribution in [1.29, 1.82) is 0 Å². The van der Waals surface area contributed by atoms with Crippen LogP contribution in [0.4, 0.5) is 0 Å². The summed E-state index contributed by atoms with van der Waals surface area (Å²) in [6, 6.07) is 0. The van der Waals surface area contributed by atoms with Crippen LogP contribution in [0.15, 0.2) is 0 Å². The highest BCUT2D eigenvalue weighted by Gasteiger charge is 1.96. The molecule has 0 aliphatic carbocycles. The van der Waals surface area contributed by atoms with Crippen LogP contribution in [0.5, 0.6) is 0 Å². The Morgan fingerprint density at radius 1 is 1.50 bits per heavy atom. The minimum absolute atomic E-state index is 0.250. The van der Waals surface area contributed by atoms with E-state index in [0.717, 1.165) is 0 Å². The molecule has 0 fully saturated rings. The van der Waals surface area contributed by atoms with E-state index in [4.69, 9.17) is 9.90 Å². The van der Waals surface area contributed by atoms with Crippen molar-refractivity contribution in [3.05, 3.63) is 0 Å². The lowest BCUT2D eigenvalue weighted by molar-refractivity contribution is -0.122. The van der Waals surface area contributed by atoms with Crippen LogP contribution in [0, 0.1) is 0 Å². The summed E-state index contributed by atoms with van der Waals surface area (Å²) in [6.45, 7) is 6.50. The lowest BCUT2D eigenvalue weighted by atomic mass is 10.2. The third-order valence-corrected chi connectivity index (χ3v) is 0. The zero-order valence-corrected chi connectivity index (χ0v) is 7.93. The molecule has 0 atom stereocenters. The monoisotopic (exact) mass is 132 g/mol. The molecule has 0 saturated heterocycles. The zero-order valence-electron chi connectivity index (χ0n) is 5.93. The molecule has 0 unspecified atom stereocenters. The highest BCUT2D eigenvalue weighted by molar-refractivity contribution is 6.14. The summed E-state index contributed by atoms with van der Waals surface area (Å²) >= 11 is 1.31. The van der Waals surface area contributed by atoms with Gasteiger partial charge in [0.1, 0.15) is 0 Å². The molecule has 0 saturated carbocycles. The van der Waals surface area contributed by atoms with Gasteiger partial charge in [0.15, 0.2) is 0 Å². The Balaban J connectivity index is 0. The third-order valence-electron chi connectivity index (χ3n) is 0. The van der Waals surface area contributed by atoms with Crippen LogP contribution in [0.3, 0.4) is 0 Å². The summed E-state index contributed by atoms with van der Waals surface area (Å²) in [5.41, 5.74) is 0. The minimum Gasteiger partial charge on any atom is -0.483 e. The molecular weight excluding hydrogens is 119 g/mol. The van der Waals surface area contributed by atoms with Crippen LogP contribution in [0.2, 0.25) is 4.28 Å². The Morgan fingerprint density at radius 3 is 1.50 bits per heavy atom. The van der Waals surface area contributed by atoms with Gasteiger partial charge in [0.2, 0.25) is 16.3 Å². The van der Waals surface area contributed by atoms with Gasteiger partial charge in [-0.15, -0.1) is 0 Å². The topological polar surface area (TPSA) is 37.3 Å². The zero-order chi connectivity index (χ0) is 7.21. The second kappa shape index (κ2) is 5.15. The van der Waals surface area contributed by atoms with Crippen molar-refractivity contribution < 1.29 is 9.90 Å². The van der Waals surface area contributed by atoms with Gasteiger partial charge in [0.25, 0.3) is 6.47 Å². The average Bonchev–Trinajstić information content (AvgIpc) is 1.27. The van der Waals surface area contributed by atoms with Crippen molar-refractivity contribution in [2.45, 2.75) is 25.0 Å². The molecule has 0 rings (SSSR count). The third kappa shape index (κ3) is 24700000. The smallest absolute Gasteiger partial charge is 0.290 e. The first kappa shape index (κ1) is 10.9. The largest absolute Gasteiger partial charge is 0.483 e. The molecule has 0 aromatic rings. The van der Waals surface area contributed by atoms with Crippen LogP contribution in [-0.2, 0) is 4.79 Å². The summed E-state index contributed by atoms with van der Waals surface area (Å²) in [6.07, 6.45) is 0. The molecule has 1 N–H and O–H groups in total. The van der Waals surface area contributed by atoms with E-state index in [0.29, 0.717) is 4.28 Å². The first-order valence-corrected chi connectivity index (χ1v) is 3.49. The van der Waals surface area contributed by atoms with E-state index in [2.05, 4.69) is 20.8 Å². The molecule has 8 heavy (non-hydrogen) atoms. The number of rotatable bonds is 0. The minimum atomic E-state index is -0.250. The van der Waals surface area contributed by atoms with E-state index < -0.39 is 0 Å².